The molecular weight excluding hydrogens is 318 g/mol. The second-order valence-electron chi connectivity index (χ2n) is 6.61. The van der Waals surface area contributed by atoms with Crippen LogP contribution in [0.25, 0.3) is 0 Å². The van der Waals surface area contributed by atoms with Crippen LogP contribution in [0.5, 0.6) is 0 Å². The Morgan fingerprint density at radius 1 is 1.56 bits per heavy atom. The van der Waals surface area contributed by atoms with Crippen molar-refractivity contribution in [3.63, 3.8) is 0 Å². The fourth-order valence-electron chi connectivity index (χ4n) is 3.34. The summed E-state index contributed by atoms with van der Waals surface area (Å²) in [6, 6.07) is 3.79. The number of furan rings is 1. The molecule has 0 bridgehead atoms. The van der Waals surface area contributed by atoms with E-state index < -0.39 is 0 Å². The number of hydrogen-bond donors (Lipinski definition) is 2. The van der Waals surface area contributed by atoms with Crippen molar-refractivity contribution in [3.05, 3.63) is 34.8 Å². The van der Waals surface area contributed by atoms with Gasteiger partial charge in [0.1, 0.15) is 17.4 Å². The van der Waals surface area contributed by atoms with E-state index in [0.29, 0.717) is 17.2 Å². The van der Waals surface area contributed by atoms with Crippen molar-refractivity contribution in [1.29, 1.82) is 5.26 Å². The fourth-order valence-corrected chi connectivity index (χ4v) is 3.34. The number of hydrogen-bond acceptors (Lipinski definition) is 5. The Balaban J connectivity index is 1.68. The van der Waals surface area contributed by atoms with E-state index in [1.54, 1.807) is 13.1 Å². The SMILES string of the molecule is Cc1oc(NC(=O)C(C)N2CCCC(c3ccn[nH]3)C2)c(C#N)c1C. The molecule has 0 saturated carbocycles. The largest absolute Gasteiger partial charge is 0.444 e. The van der Waals surface area contributed by atoms with Crippen molar-refractivity contribution < 1.29 is 9.21 Å². The molecule has 0 radical (unpaired) electrons. The van der Waals surface area contributed by atoms with Crippen molar-refractivity contribution in [2.45, 2.75) is 45.6 Å². The number of piperidine rings is 1. The van der Waals surface area contributed by atoms with Crippen molar-refractivity contribution in [2.24, 2.45) is 0 Å². The molecule has 0 aliphatic carbocycles. The van der Waals surface area contributed by atoms with E-state index in [4.69, 9.17) is 4.42 Å². The molecule has 1 aliphatic heterocycles. The highest BCUT2D eigenvalue weighted by atomic mass is 16.4. The molecular formula is C18H23N5O2. The van der Waals surface area contributed by atoms with E-state index >= 15 is 0 Å². The Morgan fingerprint density at radius 3 is 3.04 bits per heavy atom. The highest BCUT2D eigenvalue weighted by Gasteiger charge is 2.29. The van der Waals surface area contributed by atoms with Crippen LogP contribution in [0.4, 0.5) is 5.88 Å². The van der Waals surface area contributed by atoms with Crippen LogP contribution in [0.2, 0.25) is 0 Å². The molecule has 2 N–H and O–H groups in total. The lowest BCUT2D eigenvalue weighted by atomic mass is 9.94. The van der Waals surface area contributed by atoms with Crippen LogP contribution < -0.4 is 5.32 Å². The first-order valence-electron chi connectivity index (χ1n) is 8.55. The quantitative estimate of drug-likeness (QED) is 0.891. The minimum absolute atomic E-state index is 0.157. The number of amides is 1. The van der Waals surface area contributed by atoms with Gasteiger partial charge in [0.15, 0.2) is 0 Å². The van der Waals surface area contributed by atoms with E-state index in [9.17, 15) is 10.1 Å². The zero-order valence-corrected chi connectivity index (χ0v) is 14.8. The van der Waals surface area contributed by atoms with Gasteiger partial charge in [-0.3, -0.25) is 20.1 Å². The molecule has 1 aliphatic rings. The summed E-state index contributed by atoms with van der Waals surface area (Å²) in [4.78, 5) is 14.8. The third-order valence-corrected chi connectivity index (χ3v) is 5.08. The Bertz CT molecular complexity index is 787. The van der Waals surface area contributed by atoms with Crippen molar-refractivity contribution in [3.8, 4) is 6.07 Å². The number of carbonyl (C=O) groups is 1. The molecule has 7 nitrogen and oxygen atoms in total. The second-order valence-corrected chi connectivity index (χ2v) is 6.61. The second kappa shape index (κ2) is 7.11. The van der Waals surface area contributed by atoms with Gasteiger partial charge >= 0.3 is 0 Å². The standard InChI is InChI=1S/C18H23N5O2/c1-11-13(3)25-18(15(11)9-19)21-17(24)12(2)23-8-4-5-14(10-23)16-6-7-20-22-16/h6-7,12,14H,4-5,8,10H2,1-3H3,(H,20,22)(H,21,24). The minimum atomic E-state index is -0.303. The summed E-state index contributed by atoms with van der Waals surface area (Å²) in [7, 11) is 0. The normalized spacial score (nSPS) is 19.4. The summed E-state index contributed by atoms with van der Waals surface area (Å²) >= 11 is 0. The predicted octanol–water partition coefficient (Wildman–Crippen LogP) is 2.70. The van der Waals surface area contributed by atoms with E-state index in [2.05, 4.69) is 26.5 Å². The monoisotopic (exact) mass is 341 g/mol. The summed E-state index contributed by atoms with van der Waals surface area (Å²) in [5.74, 6) is 1.10. The predicted molar refractivity (Wildman–Crippen MR) is 93.1 cm³/mol. The lowest BCUT2D eigenvalue weighted by Crippen LogP contribution is -2.46. The molecule has 2 aromatic rings. The van der Waals surface area contributed by atoms with Crippen LogP contribution in [-0.4, -0.2) is 40.1 Å². The third-order valence-electron chi connectivity index (χ3n) is 5.08. The molecule has 3 heterocycles. The van der Waals surface area contributed by atoms with Gasteiger partial charge in [0.05, 0.1) is 6.04 Å². The van der Waals surface area contributed by atoms with Crippen LogP contribution in [0.15, 0.2) is 16.7 Å². The summed E-state index contributed by atoms with van der Waals surface area (Å²) in [5.41, 5.74) is 2.27. The fraction of sp³-hybridized carbons (Fsp3) is 0.500. The lowest BCUT2D eigenvalue weighted by molar-refractivity contribution is -0.121. The van der Waals surface area contributed by atoms with Crippen LogP contribution in [0.3, 0.4) is 0 Å². The summed E-state index contributed by atoms with van der Waals surface area (Å²) in [5, 5.41) is 19.1. The molecule has 3 rings (SSSR count). The van der Waals surface area contributed by atoms with E-state index in [1.807, 2.05) is 19.9 Å². The van der Waals surface area contributed by atoms with Crippen LogP contribution in [0, 0.1) is 25.2 Å². The van der Waals surface area contributed by atoms with Crippen molar-refractivity contribution in [1.82, 2.24) is 15.1 Å². The summed E-state index contributed by atoms with van der Waals surface area (Å²) < 4.78 is 5.54. The molecule has 2 unspecified atom stereocenters. The number of rotatable bonds is 4. The van der Waals surface area contributed by atoms with Gasteiger partial charge in [-0.15, -0.1) is 0 Å². The van der Waals surface area contributed by atoms with Gasteiger partial charge in [0.2, 0.25) is 11.8 Å². The first-order chi connectivity index (χ1) is 12.0. The number of aryl methyl sites for hydroxylation is 1. The maximum Gasteiger partial charge on any atom is 0.243 e. The zero-order valence-electron chi connectivity index (χ0n) is 14.8. The topological polar surface area (TPSA) is 97.9 Å². The highest BCUT2D eigenvalue weighted by Crippen LogP contribution is 2.28. The van der Waals surface area contributed by atoms with Gasteiger partial charge in [-0.05, 0) is 46.2 Å². The zero-order chi connectivity index (χ0) is 18.0. The highest BCUT2D eigenvalue weighted by molar-refractivity contribution is 5.94. The molecule has 1 fully saturated rings. The molecule has 2 aromatic heterocycles. The van der Waals surface area contributed by atoms with Crippen molar-refractivity contribution >= 4 is 11.8 Å². The number of nitrogens with one attached hydrogen (secondary N) is 2. The average Bonchev–Trinajstić information content (AvgIpc) is 3.24. The molecule has 25 heavy (non-hydrogen) atoms. The number of nitrogens with zero attached hydrogens (tertiary/aromatic N) is 3. The third kappa shape index (κ3) is 3.44. The van der Waals surface area contributed by atoms with Crippen LogP contribution >= 0.6 is 0 Å². The molecule has 0 aromatic carbocycles. The maximum atomic E-state index is 12.7. The molecule has 1 saturated heterocycles. The minimum Gasteiger partial charge on any atom is -0.444 e. The van der Waals surface area contributed by atoms with Gasteiger partial charge in [-0.25, -0.2) is 0 Å². The van der Waals surface area contributed by atoms with E-state index in [1.165, 1.54) is 0 Å². The van der Waals surface area contributed by atoms with Crippen LogP contribution in [0.1, 0.15) is 48.3 Å². The average molecular weight is 341 g/mol. The van der Waals surface area contributed by atoms with Gasteiger partial charge in [0, 0.05) is 29.9 Å². The first-order valence-corrected chi connectivity index (χ1v) is 8.55. The maximum absolute atomic E-state index is 12.7. The van der Waals surface area contributed by atoms with E-state index in [0.717, 1.165) is 37.2 Å². The van der Waals surface area contributed by atoms with Crippen molar-refractivity contribution in [2.75, 3.05) is 18.4 Å². The Morgan fingerprint density at radius 2 is 2.36 bits per heavy atom. The molecule has 7 heteroatoms. The lowest BCUT2D eigenvalue weighted by Gasteiger charge is -2.35. The Kier molecular flexibility index (Phi) is 4.91. The number of aromatic nitrogens is 2. The number of aromatic amines is 1. The number of likely N-dealkylation sites (tertiary alicyclic amines) is 1. The molecule has 0 spiro atoms. The molecule has 132 valence electrons. The number of carbonyl (C=O) groups excluding carboxylic acids is 1. The van der Waals surface area contributed by atoms with Gasteiger partial charge in [-0.1, -0.05) is 0 Å². The van der Waals surface area contributed by atoms with Gasteiger partial charge in [-0.2, -0.15) is 10.4 Å². The Labute approximate surface area is 147 Å². The van der Waals surface area contributed by atoms with Gasteiger partial charge < -0.3 is 4.42 Å². The Hall–Kier alpha value is -2.59. The van der Waals surface area contributed by atoms with Crippen LogP contribution in [-0.2, 0) is 4.79 Å². The number of nitriles is 1. The molecule has 1 amide bonds. The first kappa shape index (κ1) is 17.2. The molecule has 2 atom stereocenters. The van der Waals surface area contributed by atoms with Gasteiger partial charge in [0.25, 0.3) is 0 Å². The van der Waals surface area contributed by atoms with E-state index in [-0.39, 0.29) is 17.8 Å². The number of H-pyrrole nitrogens is 1. The summed E-state index contributed by atoms with van der Waals surface area (Å²) in [6.45, 7) is 7.17. The smallest absolute Gasteiger partial charge is 0.243 e. The summed E-state index contributed by atoms with van der Waals surface area (Å²) in [6.07, 6.45) is 3.88. The number of anilines is 1.